The van der Waals surface area contributed by atoms with Crippen molar-refractivity contribution < 1.29 is 13.2 Å². The molecule has 11 heavy (non-hydrogen) atoms. The zero-order valence-electron chi connectivity index (χ0n) is 6.19. The van der Waals surface area contributed by atoms with Crippen LogP contribution in [0.4, 0.5) is 13.2 Å². The zero-order valence-corrected chi connectivity index (χ0v) is 6.19. The second-order valence-electron chi connectivity index (χ2n) is 3.17. The van der Waals surface area contributed by atoms with Crippen molar-refractivity contribution in [3.63, 3.8) is 0 Å². The summed E-state index contributed by atoms with van der Waals surface area (Å²) in [6, 6.07) is -1.61. The van der Waals surface area contributed by atoms with Crippen molar-refractivity contribution in [2.45, 2.75) is 37.9 Å². The fraction of sp³-hybridized carbons (Fsp3) is 1.00. The molecule has 2 N–H and O–H groups in total. The fourth-order valence-electron chi connectivity index (χ4n) is 0.985. The Morgan fingerprint density at radius 2 is 1.91 bits per heavy atom. The van der Waals surface area contributed by atoms with Gasteiger partial charge in [0.15, 0.2) is 0 Å². The zero-order chi connectivity index (χ0) is 8.48. The van der Waals surface area contributed by atoms with Gasteiger partial charge in [0.2, 0.25) is 0 Å². The summed E-state index contributed by atoms with van der Waals surface area (Å²) in [5.74, 6) is 0.531. The highest BCUT2D eigenvalue weighted by Gasteiger charge is 2.37. The lowest BCUT2D eigenvalue weighted by Crippen LogP contribution is -2.37. The topological polar surface area (TPSA) is 26.0 Å². The maximum atomic E-state index is 11.8. The molecular formula is C7H12F3N. The van der Waals surface area contributed by atoms with Gasteiger partial charge >= 0.3 is 6.18 Å². The van der Waals surface area contributed by atoms with Gasteiger partial charge in [0.05, 0.1) is 0 Å². The third kappa shape index (κ3) is 3.10. The maximum absolute atomic E-state index is 11.8. The van der Waals surface area contributed by atoms with Crippen molar-refractivity contribution in [3.05, 3.63) is 0 Å². The van der Waals surface area contributed by atoms with Crippen LogP contribution in [0.1, 0.15) is 25.7 Å². The molecule has 1 rings (SSSR count). The average Bonchev–Trinajstić information content (AvgIpc) is 2.62. The second-order valence-corrected chi connectivity index (χ2v) is 3.17. The number of nitrogens with two attached hydrogens (primary N) is 1. The average molecular weight is 167 g/mol. The van der Waals surface area contributed by atoms with Gasteiger partial charge in [-0.2, -0.15) is 13.2 Å². The van der Waals surface area contributed by atoms with Crippen LogP contribution >= 0.6 is 0 Å². The molecule has 1 fully saturated rings. The Morgan fingerprint density at radius 1 is 1.36 bits per heavy atom. The van der Waals surface area contributed by atoms with E-state index in [0.29, 0.717) is 12.3 Å². The Hall–Kier alpha value is -0.250. The van der Waals surface area contributed by atoms with E-state index in [0.717, 1.165) is 12.8 Å². The molecule has 1 aliphatic carbocycles. The van der Waals surface area contributed by atoms with Crippen LogP contribution < -0.4 is 5.73 Å². The monoisotopic (exact) mass is 167 g/mol. The Balaban J connectivity index is 2.13. The van der Waals surface area contributed by atoms with E-state index < -0.39 is 12.2 Å². The lowest BCUT2D eigenvalue weighted by molar-refractivity contribution is -0.149. The molecule has 1 atom stereocenters. The molecule has 4 heteroatoms. The van der Waals surface area contributed by atoms with Crippen LogP contribution in [0.2, 0.25) is 0 Å². The predicted molar refractivity (Wildman–Crippen MR) is 36.0 cm³/mol. The molecule has 0 radical (unpaired) electrons. The van der Waals surface area contributed by atoms with Crippen molar-refractivity contribution in [1.82, 2.24) is 0 Å². The van der Waals surface area contributed by atoms with Gasteiger partial charge in [-0.15, -0.1) is 0 Å². The summed E-state index contributed by atoms with van der Waals surface area (Å²) in [6.07, 6.45) is -1.29. The molecule has 0 aromatic heterocycles. The highest BCUT2D eigenvalue weighted by molar-refractivity contribution is 4.78. The van der Waals surface area contributed by atoms with Crippen LogP contribution in [-0.2, 0) is 0 Å². The van der Waals surface area contributed by atoms with Crippen LogP contribution in [0.3, 0.4) is 0 Å². The van der Waals surface area contributed by atoms with Gasteiger partial charge in [0.25, 0.3) is 0 Å². The highest BCUT2D eigenvalue weighted by atomic mass is 19.4. The van der Waals surface area contributed by atoms with E-state index in [2.05, 4.69) is 0 Å². The van der Waals surface area contributed by atoms with E-state index in [1.807, 2.05) is 0 Å². The van der Waals surface area contributed by atoms with Crippen molar-refractivity contribution in [1.29, 1.82) is 0 Å². The first kappa shape index (κ1) is 8.84. The standard InChI is InChI=1S/C7H12F3N/c8-7(9,10)6(11)4-3-5-1-2-5/h5-6H,1-4,11H2. The lowest BCUT2D eigenvalue weighted by atomic mass is 10.1. The molecule has 0 aromatic carbocycles. The number of rotatable bonds is 3. The fourth-order valence-corrected chi connectivity index (χ4v) is 0.985. The van der Waals surface area contributed by atoms with Gasteiger partial charge in [-0.25, -0.2) is 0 Å². The molecule has 1 saturated carbocycles. The molecule has 0 amide bonds. The van der Waals surface area contributed by atoms with E-state index in [1.165, 1.54) is 0 Å². The molecule has 1 nitrogen and oxygen atoms in total. The van der Waals surface area contributed by atoms with Crippen LogP contribution in [0, 0.1) is 5.92 Å². The summed E-state index contributed by atoms with van der Waals surface area (Å²) >= 11 is 0. The van der Waals surface area contributed by atoms with Crippen LogP contribution in [-0.4, -0.2) is 12.2 Å². The SMILES string of the molecule is NC(CCC1CC1)C(F)(F)F. The van der Waals surface area contributed by atoms with Crippen molar-refractivity contribution >= 4 is 0 Å². The van der Waals surface area contributed by atoms with E-state index in [9.17, 15) is 13.2 Å². The Bertz CT molecular complexity index is 128. The Morgan fingerprint density at radius 3 is 2.27 bits per heavy atom. The van der Waals surface area contributed by atoms with Crippen molar-refractivity contribution in [2.24, 2.45) is 11.7 Å². The molecule has 0 aliphatic heterocycles. The van der Waals surface area contributed by atoms with Gasteiger partial charge in [-0.05, 0) is 18.8 Å². The van der Waals surface area contributed by atoms with Gasteiger partial charge in [0.1, 0.15) is 6.04 Å². The molecule has 1 unspecified atom stereocenters. The number of hydrogen-bond acceptors (Lipinski definition) is 1. The minimum atomic E-state index is -4.20. The van der Waals surface area contributed by atoms with Gasteiger partial charge in [-0.3, -0.25) is 0 Å². The van der Waals surface area contributed by atoms with Crippen molar-refractivity contribution in [3.8, 4) is 0 Å². The van der Waals surface area contributed by atoms with Gasteiger partial charge < -0.3 is 5.73 Å². The summed E-state index contributed by atoms with van der Waals surface area (Å²) in [5.41, 5.74) is 4.90. The number of hydrogen-bond donors (Lipinski definition) is 1. The minimum absolute atomic E-state index is 0.0914. The van der Waals surface area contributed by atoms with Crippen LogP contribution in [0.25, 0.3) is 0 Å². The van der Waals surface area contributed by atoms with E-state index in [4.69, 9.17) is 5.73 Å². The molecule has 1 aliphatic rings. The summed E-state index contributed by atoms with van der Waals surface area (Å²) in [7, 11) is 0. The Kier molecular flexibility index (Phi) is 2.42. The van der Waals surface area contributed by atoms with E-state index in [-0.39, 0.29) is 6.42 Å². The summed E-state index contributed by atoms with van der Waals surface area (Å²) in [6.45, 7) is 0. The maximum Gasteiger partial charge on any atom is 0.403 e. The summed E-state index contributed by atoms with van der Waals surface area (Å²) in [5, 5.41) is 0. The number of halogens is 3. The third-order valence-electron chi connectivity index (χ3n) is 2.00. The predicted octanol–water partition coefficient (Wildman–Crippen LogP) is 2.07. The molecule has 0 bridgehead atoms. The first-order chi connectivity index (χ1) is 5.00. The molecular weight excluding hydrogens is 155 g/mol. The summed E-state index contributed by atoms with van der Waals surface area (Å²) < 4.78 is 35.4. The quantitative estimate of drug-likeness (QED) is 0.684. The van der Waals surface area contributed by atoms with E-state index >= 15 is 0 Å². The first-order valence-corrected chi connectivity index (χ1v) is 3.82. The smallest absolute Gasteiger partial charge is 0.320 e. The van der Waals surface area contributed by atoms with E-state index in [1.54, 1.807) is 0 Å². The van der Waals surface area contributed by atoms with Crippen molar-refractivity contribution in [2.75, 3.05) is 0 Å². The molecule has 0 spiro atoms. The normalized spacial score (nSPS) is 21.8. The molecule has 66 valence electrons. The van der Waals surface area contributed by atoms with Gasteiger partial charge in [0, 0.05) is 0 Å². The number of alkyl halides is 3. The molecule has 0 aromatic rings. The third-order valence-corrected chi connectivity index (χ3v) is 2.00. The van der Waals surface area contributed by atoms with Gasteiger partial charge in [-0.1, -0.05) is 12.8 Å². The summed E-state index contributed by atoms with van der Waals surface area (Å²) in [4.78, 5) is 0. The highest BCUT2D eigenvalue weighted by Crippen LogP contribution is 2.35. The molecule has 0 saturated heterocycles. The molecule has 0 heterocycles. The van der Waals surface area contributed by atoms with Crippen LogP contribution in [0.5, 0.6) is 0 Å². The first-order valence-electron chi connectivity index (χ1n) is 3.82. The Labute approximate surface area is 63.8 Å². The lowest BCUT2D eigenvalue weighted by Gasteiger charge is -2.14. The largest absolute Gasteiger partial charge is 0.403 e. The van der Waals surface area contributed by atoms with Crippen LogP contribution in [0.15, 0.2) is 0 Å². The minimum Gasteiger partial charge on any atom is -0.320 e. The second kappa shape index (κ2) is 3.01.